The number of nitrogens with zero attached hydrogens (tertiary/aromatic N) is 3. The third-order valence-electron chi connectivity index (χ3n) is 5.64. The molecule has 10 heteroatoms. The van der Waals surface area contributed by atoms with Crippen LogP contribution in [0.2, 0.25) is 0 Å². The molecule has 2 amide bonds. The number of hydrogen-bond acceptors (Lipinski definition) is 6. The molecule has 0 aromatic heterocycles. The van der Waals surface area contributed by atoms with Crippen molar-refractivity contribution < 1.29 is 22.7 Å². The molecule has 2 heterocycles. The second-order valence-electron chi connectivity index (χ2n) is 7.89. The van der Waals surface area contributed by atoms with E-state index in [0.717, 1.165) is 5.56 Å². The number of amides is 2. The standard InChI is InChI=1S/C22H26N4O5S/c23-18-14-21(27)26(15-18)19-6-8-20(9-7-19)32(29,30)25-12-10-24(11-13-25)22(28)31-16-17-4-2-1-3-5-17/h1-9,18H,10-16,23H2/t18-/m1/s1. The van der Waals surface area contributed by atoms with Crippen LogP contribution in [0.5, 0.6) is 0 Å². The molecule has 2 fully saturated rings. The van der Waals surface area contributed by atoms with Gasteiger partial charge in [-0.2, -0.15) is 4.31 Å². The number of rotatable bonds is 5. The minimum Gasteiger partial charge on any atom is -0.445 e. The molecular formula is C22H26N4O5S. The number of sulfonamides is 1. The molecule has 0 aliphatic carbocycles. The lowest BCUT2D eigenvalue weighted by Crippen LogP contribution is -2.50. The summed E-state index contributed by atoms with van der Waals surface area (Å²) in [5, 5.41) is 0. The lowest BCUT2D eigenvalue weighted by atomic mass is 10.2. The second-order valence-corrected chi connectivity index (χ2v) is 9.83. The van der Waals surface area contributed by atoms with Crippen LogP contribution in [0.25, 0.3) is 0 Å². The number of anilines is 1. The summed E-state index contributed by atoms with van der Waals surface area (Å²) in [4.78, 5) is 27.5. The van der Waals surface area contributed by atoms with E-state index in [1.54, 1.807) is 17.0 Å². The van der Waals surface area contributed by atoms with Crippen molar-refractivity contribution in [1.82, 2.24) is 9.21 Å². The van der Waals surface area contributed by atoms with Gasteiger partial charge in [0, 0.05) is 50.9 Å². The second kappa shape index (κ2) is 9.27. The van der Waals surface area contributed by atoms with E-state index in [-0.39, 0.29) is 56.1 Å². The van der Waals surface area contributed by atoms with Crippen molar-refractivity contribution >= 4 is 27.7 Å². The van der Waals surface area contributed by atoms with Gasteiger partial charge < -0.3 is 20.3 Å². The molecule has 0 saturated carbocycles. The van der Waals surface area contributed by atoms with Gasteiger partial charge in [-0.25, -0.2) is 13.2 Å². The highest BCUT2D eigenvalue weighted by Gasteiger charge is 2.32. The van der Waals surface area contributed by atoms with Gasteiger partial charge in [-0.3, -0.25) is 4.79 Å². The zero-order chi connectivity index (χ0) is 22.7. The van der Waals surface area contributed by atoms with E-state index >= 15 is 0 Å². The van der Waals surface area contributed by atoms with Gasteiger partial charge in [0.1, 0.15) is 6.61 Å². The maximum Gasteiger partial charge on any atom is 0.410 e. The van der Waals surface area contributed by atoms with Crippen LogP contribution in [0.15, 0.2) is 59.5 Å². The van der Waals surface area contributed by atoms with Gasteiger partial charge in [-0.05, 0) is 29.8 Å². The van der Waals surface area contributed by atoms with Crippen molar-refractivity contribution in [2.45, 2.75) is 24.0 Å². The van der Waals surface area contributed by atoms with Gasteiger partial charge in [-0.15, -0.1) is 0 Å². The maximum atomic E-state index is 13.0. The van der Waals surface area contributed by atoms with Crippen molar-refractivity contribution in [3.8, 4) is 0 Å². The first kappa shape index (κ1) is 22.3. The summed E-state index contributed by atoms with van der Waals surface area (Å²) in [6.45, 7) is 1.48. The average Bonchev–Trinajstić information content (AvgIpc) is 3.16. The van der Waals surface area contributed by atoms with Crippen molar-refractivity contribution in [2.75, 3.05) is 37.6 Å². The average molecular weight is 459 g/mol. The van der Waals surface area contributed by atoms with Gasteiger partial charge in [-0.1, -0.05) is 30.3 Å². The van der Waals surface area contributed by atoms with Gasteiger partial charge in [0.2, 0.25) is 15.9 Å². The maximum absolute atomic E-state index is 13.0. The largest absolute Gasteiger partial charge is 0.445 e. The van der Waals surface area contributed by atoms with Gasteiger partial charge in [0.25, 0.3) is 0 Å². The van der Waals surface area contributed by atoms with E-state index in [1.165, 1.54) is 21.3 Å². The molecule has 170 valence electrons. The molecule has 32 heavy (non-hydrogen) atoms. The van der Waals surface area contributed by atoms with Crippen molar-refractivity contribution in [3.63, 3.8) is 0 Å². The predicted octanol–water partition coefficient (Wildman–Crippen LogP) is 1.39. The number of benzene rings is 2. The number of piperazine rings is 1. The quantitative estimate of drug-likeness (QED) is 0.725. The van der Waals surface area contributed by atoms with E-state index in [0.29, 0.717) is 12.2 Å². The van der Waals surface area contributed by atoms with Crippen molar-refractivity contribution in [1.29, 1.82) is 0 Å². The first-order valence-corrected chi connectivity index (χ1v) is 11.9. The summed E-state index contributed by atoms with van der Waals surface area (Å²) >= 11 is 0. The minimum atomic E-state index is -3.70. The molecule has 0 bridgehead atoms. The Morgan fingerprint density at radius 1 is 1.00 bits per heavy atom. The number of nitrogens with two attached hydrogens (primary N) is 1. The van der Waals surface area contributed by atoms with E-state index in [9.17, 15) is 18.0 Å². The molecule has 4 rings (SSSR count). The summed E-state index contributed by atoms with van der Waals surface area (Å²) in [5.41, 5.74) is 7.35. The Balaban J connectivity index is 1.33. The minimum absolute atomic E-state index is 0.0663. The Morgan fingerprint density at radius 2 is 1.66 bits per heavy atom. The topological polar surface area (TPSA) is 113 Å². The highest BCUT2D eigenvalue weighted by Crippen LogP contribution is 2.25. The third-order valence-corrected chi connectivity index (χ3v) is 7.56. The van der Waals surface area contributed by atoms with Crippen molar-refractivity contribution in [3.05, 3.63) is 60.2 Å². The molecule has 2 N–H and O–H groups in total. The molecule has 2 aromatic carbocycles. The lowest BCUT2D eigenvalue weighted by Gasteiger charge is -2.33. The Bertz CT molecular complexity index is 1070. The van der Waals surface area contributed by atoms with Gasteiger partial charge in [0.15, 0.2) is 0 Å². The Kier molecular flexibility index (Phi) is 6.45. The predicted molar refractivity (Wildman–Crippen MR) is 118 cm³/mol. The molecule has 2 aliphatic rings. The van der Waals surface area contributed by atoms with E-state index < -0.39 is 16.1 Å². The molecule has 0 unspecified atom stereocenters. The Morgan fingerprint density at radius 3 is 2.25 bits per heavy atom. The first-order valence-electron chi connectivity index (χ1n) is 10.5. The normalized spacial score (nSPS) is 19.9. The summed E-state index contributed by atoms with van der Waals surface area (Å²) in [6, 6.07) is 15.4. The number of carbonyl (C=O) groups is 2. The van der Waals surface area contributed by atoms with Crippen LogP contribution in [0, 0.1) is 0 Å². The lowest BCUT2D eigenvalue weighted by molar-refractivity contribution is -0.117. The summed E-state index contributed by atoms with van der Waals surface area (Å²) in [6.07, 6.45) is -0.165. The number of carbonyl (C=O) groups excluding carboxylic acids is 2. The Labute approximate surface area is 187 Å². The molecule has 0 spiro atoms. The fraction of sp³-hybridized carbons (Fsp3) is 0.364. The van der Waals surface area contributed by atoms with E-state index in [1.807, 2.05) is 30.3 Å². The van der Waals surface area contributed by atoms with Crippen LogP contribution in [0.3, 0.4) is 0 Å². The summed E-state index contributed by atoms with van der Waals surface area (Å²) < 4.78 is 32.7. The smallest absolute Gasteiger partial charge is 0.410 e. The van der Waals surface area contributed by atoms with Crippen LogP contribution in [0.1, 0.15) is 12.0 Å². The Hall–Kier alpha value is -2.95. The highest BCUT2D eigenvalue weighted by atomic mass is 32.2. The van der Waals surface area contributed by atoms with Crippen LogP contribution in [0.4, 0.5) is 10.5 Å². The molecule has 9 nitrogen and oxygen atoms in total. The van der Waals surface area contributed by atoms with Crippen LogP contribution in [-0.4, -0.2) is 68.4 Å². The summed E-state index contributed by atoms with van der Waals surface area (Å²) in [7, 11) is -3.70. The zero-order valence-corrected chi connectivity index (χ0v) is 18.4. The molecule has 2 aromatic rings. The molecule has 0 radical (unpaired) electrons. The monoisotopic (exact) mass is 458 g/mol. The summed E-state index contributed by atoms with van der Waals surface area (Å²) in [5.74, 6) is -0.0663. The van der Waals surface area contributed by atoms with Crippen molar-refractivity contribution in [2.24, 2.45) is 5.73 Å². The van der Waals surface area contributed by atoms with Gasteiger partial charge in [0.05, 0.1) is 4.90 Å². The highest BCUT2D eigenvalue weighted by molar-refractivity contribution is 7.89. The van der Waals surface area contributed by atoms with Crippen LogP contribution in [-0.2, 0) is 26.2 Å². The molecular weight excluding hydrogens is 432 g/mol. The number of hydrogen-bond donors (Lipinski definition) is 1. The third kappa shape index (κ3) is 4.77. The molecule has 2 saturated heterocycles. The first-order chi connectivity index (χ1) is 15.3. The van der Waals surface area contributed by atoms with Gasteiger partial charge >= 0.3 is 6.09 Å². The molecule has 2 aliphatic heterocycles. The number of ether oxygens (including phenoxy) is 1. The van der Waals surface area contributed by atoms with E-state index in [4.69, 9.17) is 10.5 Å². The van der Waals surface area contributed by atoms with Crippen LogP contribution >= 0.6 is 0 Å². The van der Waals surface area contributed by atoms with Crippen LogP contribution < -0.4 is 10.6 Å². The molecule has 1 atom stereocenters. The van der Waals surface area contributed by atoms with E-state index in [2.05, 4.69) is 0 Å². The SMILES string of the molecule is N[C@@H]1CC(=O)N(c2ccc(S(=O)(=O)N3CCN(C(=O)OCc4ccccc4)CC3)cc2)C1. The fourth-order valence-electron chi connectivity index (χ4n) is 3.85. The fourth-order valence-corrected chi connectivity index (χ4v) is 5.28. The zero-order valence-electron chi connectivity index (χ0n) is 17.6.